The number of aromatic nitrogens is 2. The average molecular weight is 397 g/mol. The molecule has 1 amide bonds. The normalized spacial score (nSPS) is 19.9. The van der Waals surface area contributed by atoms with Crippen molar-refractivity contribution < 1.29 is 4.79 Å². The van der Waals surface area contributed by atoms with Gasteiger partial charge in [-0.1, -0.05) is 24.3 Å². The van der Waals surface area contributed by atoms with Crippen LogP contribution >= 0.6 is 24.8 Å². The van der Waals surface area contributed by atoms with Crippen molar-refractivity contribution in [3.8, 4) is 0 Å². The Bertz CT molecular complexity index is 714. The minimum Gasteiger partial charge on any atom is -0.352 e. The Kier molecular flexibility index (Phi) is 7.09. The predicted molar refractivity (Wildman–Crippen MR) is 107 cm³/mol. The highest BCUT2D eigenvalue weighted by Crippen LogP contribution is 2.58. The van der Waals surface area contributed by atoms with Crippen molar-refractivity contribution >= 4 is 30.7 Å². The molecule has 1 aliphatic heterocycles. The van der Waals surface area contributed by atoms with Gasteiger partial charge in [-0.05, 0) is 48.9 Å². The van der Waals surface area contributed by atoms with E-state index in [1.807, 2.05) is 29.2 Å². The molecule has 1 aromatic heterocycles. The number of carbonyl (C=O) groups excluding carboxylic acids is 1. The lowest BCUT2D eigenvalue weighted by Crippen LogP contribution is -2.33. The Labute approximate surface area is 166 Å². The topological polar surface area (TPSA) is 59.0 Å². The van der Waals surface area contributed by atoms with E-state index in [0.29, 0.717) is 12.0 Å². The van der Waals surface area contributed by atoms with Crippen LogP contribution in [0.1, 0.15) is 30.4 Å². The number of hydrogen-bond donors (Lipinski definition) is 2. The smallest absolute Gasteiger partial charge is 0.223 e. The molecule has 2 aliphatic rings. The Morgan fingerprint density at radius 1 is 1.23 bits per heavy atom. The van der Waals surface area contributed by atoms with Crippen LogP contribution in [0, 0.1) is 11.3 Å². The maximum absolute atomic E-state index is 12.5. The van der Waals surface area contributed by atoms with E-state index in [1.165, 1.54) is 11.1 Å². The monoisotopic (exact) mass is 396 g/mol. The molecule has 0 radical (unpaired) electrons. The first-order valence-corrected chi connectivity index (χ1v) is 8.78. The highest BCUT2D eigenvalue weighted by molar-refractivity contribution is 5.85. The minimum absolute atomic E-state index is 0. The van der Waals surface area contributed by atoms with E-state index in [1.54, 1.807) is 6.20 Å². The molecule has 1 atom stereocenters. The highest BCUT2D eigenvalue weighted by Gasteiger charge is 2.57. The van der Waals surface area contributed by atoms with Gasteiger partial charge in [0.25, 0.3) is 0 Å². The fraction of sp³-hybridized carbons (Fsp3) is 0.474. The second kappa shape index (κ2) is 8.89. The lowest BCUT2D eigenvalue weighted by Gasteiger charge is -2.23. The fourth-order valence-electron chi connectivity index (χ4n) is 3.96. The first-order valence-electron chi connectivity index (χ1n) is 8.78. The zero-order valence-corrected chi connectivity index (χ0v) is 16.3. The van der Waals surface area contributed by atoms with Crippen LogP contribution in [0.3, 0.4) is 0 Å². The largest absolute Gasteiger partial charge is 0.352 e. The highest BCUT2D eigenvalue weighted by atomic mass is 35.5. The van der Waals surface area contributed by atoms with Crippen LogP contribution in [0.25, 0.3) is 0 Å². The van der Waals surface area contributed by atoms with Crippen LogP contribution in [0.2, 0.25) is 0 Å². The first kappa shape index (κ1) is 20.7. The number of rotatable bonds is 5. The van der Waals surface area contributed by atoms with Crippen molar-refractivity contribution in [2.75, 3.05) is 13.1 Å². The van der Waals surface area contributed by atoms with Gasteiger partial charge in [-0.15, -0.1) is 24.8 Å². The van der Waals surface area contributed by atoms with E-state index in [4.69, 9.17) is 0 Å². The number of amides is 1. The van der Waals surface area contributed by atoms with Gasteiger partial charge in [-0.2, -0.15) is 0 Å². The Morgan fingerprint density at radius 2 is 1.96 bits per heavy atom. The molecule has 1 aromatic carbocycles. The third-order valence-electron chi connectivity index (χ3n) is 5.59. The van der Waals surface area contributed by atoms with Crippen LogP contribution in [0.4, 0.5) is 0 Å². The van der Waals surface area contributed by atoms with E-state index < -0.39 is 0 Å². The van der Waals surface area contributed by atoms with Gasteiger partial charge in [-0.25, -0.2) is 4.98 Å². The number of piperidine rings is 1. The van der Waals surface area contributed by atoms with Crippen LogP contribution in [0.15, 0.2) is 43.0 Å². The standard InChI is InChI=1S/C19H24N4O.2ClH/c24-18(17-11-19(17)5-7-20-8-6-19)22-12-15-3-1-2-4-16(15)13-23-10-9-21-14-23;;/h1-4,9-10,14,17,20H,5-8,11-13H2,(H,22,24);2*1H. The third kappa shape index (κ3) is 4.40. The van der Waals surface area contributed by atoms with E-state index >= 15 is 0 Å². The molecule has 1 spiro atoms. The van der Waals surface area contributed by atoms with Gasteiger partial charge in [0.1, 0.15) is 0 Å². The van der Waals surface area contributed by atoms with Crippen molar-refractivity contribution in [2.45, 2.75) is 32.4 Å². The van der Waals surface area contributed by atoms with Gasteiger partial charge in [0, 0.05) is 31.4 Å². The van der Waals surface area contributed by atoms with Gasteiger partial charge in [-0.3, -0.25) is 4.79 Å². The summed E-state index contributed by atoms with van der Waals surface area (Å²) in [5.41, 5.74) is 2.70. The first-order chi connectivity index (χ1) is 11.8. The molecule has 1 saturated heterocycles. The number of nitrogens with zero attached hydrogens (tertiary/aromatic N) is 2. The molecule has 1 saturated carbocycles. The van der Waals surface area contributed by atoms with Crippen molar-refractivity contribution in [2.24, 2.45) is 11.3 Å². The van der Waals surface area contributed by atoms with Gasteiger partial charge in [0.2, 0.25) is 5.91 Å². The number of hydrogen-bond acceptors (Lipinski definition) is 3. The summed E-state index contributed by atoms with van der Waals surface area (Å²) < 4.78 is 2.05. The lowest BCUT2D eigenvalue weighted by atomic mass is 9.92. The van der Waals surface area contributed by atoms with Crippen LogP contribution in [-0.2, 0) is 17.9 Å². The summed E-state index contributed by atoms with van der Waals surface area (Å²) in [6.45, 7) is 3.49. The fourth-order valence-corrected chi connectivity index (χ4v) is 3.96. The SMILES string of the molecule is Cl.Cl.O=C(NCc1ccccc1Cn1ccnc1)C1CC12CCNCC2. The van der Waals surface area contributed by atoms with Gasteiger partial charge in [0.15, 0.2) is 0 Å². The Balaban J connectivity index is 0.00000121. The van der Waals surface area contributed by atoms with E-state index in [9.17, 15) is 4.79 Å². The van der Waals surface area contributed by atoms with Crippen LogP contribution < -0.4 is 10.6 Å². The molecule has 2 fully saturated rings. The summed E-state index contributed by atoms with van der Waals surface area (Å²) in [4.78, 5) is 16.6. The molecule has 142 valence electrons. The number of halogens is 2. The minimum atomic E-state index is 0. The molecule has 2 N–H and O–H groups in total. The molecule has 7 heteroatoms. The Hall–Kier alpha value is -1.56. The van der Waals surface area contributed by atoms with Crippen molar-refractivity contribution in [1.29, 1.82) is 0 Å². The molecule has 26 heavy (non-hydrogen) atoms. The van der Waals surface area contributed by atoms with Crippen molar-refractivity contribution in [1.82, 2.24) is 20.2 Å². The molecular weight excluding hydrogens is 371 g/mol. The second-order valence-electron chi connectivity index (χ2n) is 7.09. The van der Waals surface area contributed by atoms with E-state index in [-0.39, 0.29) is 36.6 Å². The number of carbonyl (C=O) groups is 1. The Morgan fingerprint density at radius 3 is 2.65 bits per heavy atom. The predicted octanol–water partition coefficient (Wildman–Crippen LogP) is 2.78. The zero-order chi connectivity index (χ0) is 16.4. The lowest BCUT2D eigenvalue weighted by molar-refractivity contribution is -0.123. The number of benzene rings is 1. The molecule has 2 aromatic rings. The zero-order valence-electron chi connectivity index (χ0n) is 14.7. The molecule has 1 aliphatic carbocycles. The van der Waals surface area contributed by atoms with Crippen LogP contribution in [-0.4, -0.2) is 28.5 Å². The summed E-state index contributed by atoms with van der Waals surface area (Å²) in [6.07, 6.45) is 8.92. The number of nitrogens with one attached hydrogen (secondary N) is 2. The quantitative estimate of drug-likeness (QED) is 0.816. The van der Waals surface area contributed by atoms with Gasteiger partial charge < -0.3 is 15.2 Å². The molecular formula is C19H26Cl2N4O. The summed E-state index contributed by atoms with van der Waals surface area (Å²) in [7, 11) is 0. The third-order valence-corrected chi connectivity index (χ3v) is 5.59. The summed E-state index contributed by atoms with van der Waals surface area (Å²) in [6, 6.07) is 8.29. The molecule has 4 rings (SSSR count). The summed E-state index contributed by atoms with van der Waals surface area (Å²) >= 11 is 0. The van der Waals surface area contributed by atoms with Crippen molar-refractivity contribution in [3.05, 3.63) is 54.1 Å². The number of imidazole rings is 1. The van der Waals surface area contributed by atoms with E-state index in [0.717, 1.165) is 38.9 Å². The second-order valence-corrected chi connectivity index (χ2v) is 7.09. The van der Waals surface area contributed by atoms with Crippen LogP contribution in [0.5, 0.6) is 0 Å². The maximum Gasteiger partial charge on any atom is 0.223 e. The average Bonchev–Trinajstić information content (AvgIpc) is 3.05. The molecule has 0 bridgehead atoms. The molecule has 1 unspecified atom stereocenters. The molecule has 5 nitrogen and oxygen atoms in total. The van der Waals surface area contributed by atoms with Crippen molar-refractivity contribution in [3.63, 3.8) is 0 Å². The van der Waals surface area contributed by atoms with Gasteiger partial charge >= 0.3 is 0 Å². The van der Waals surface area contributed by atoms with E-state index in [2.05, 4.69) is 27.8 Å². The summed E-state index contributed by atoms with van der Waals surface area (Å²) in [5, 5.41) is 6.56. The van der Waals surface area contributed by atoms with Gasteiger partial charge in [0.05, 0.1) is 6.33 Å². The maximum atomic E-state index is 12.5. The molecule has 2 heterocycles. The summed E-state index contributed by atoms with van der Waals surface area (Å²) in [5.74, 6) is 0.453.